The van der Waals surface area contributed by atoms with Gasteiger partial charge in [0.1, 0.15) is 11.6 Å². The smallest absolute Gasteiger partial charge is 0.417 e. The highest BCUT2D eigenvalue weighted by atomic mass is 19.4. The first-order valence-electron chi connectivity index (χ1n) is 13.5. The Morgan fingerprint density at radius 3 is 2.43 bits per heavy atom. The second kappa shape index (κ2) is 10.7. The third kappa shape index (κ3) is 5.40. The van der Waals surface area contributed by atoms with Crippen LogP contribution < -0.4 is 15.1 Å². The summed E-state index contributed by atoms with van der Waals surface area (Å²) in [5.74, 6) is -2.68. The van der Waals surface area contributed by atoms with Crippen LogP contribution in [0.4, 0.5) is 35.1 Å². The van der Waals surface area contributed by atoms with Crippen molar-refractivity contribution in [1.82, 2.24) is 14.9 Å². The summed E-state index contributed by atoms with van der Waals surface area (Å²) < 4.78 is 59.9. The molecule has 0 bridgehead atoms. The number of oxazole rings is 1. The largest absolute Gasteiger partial charge is 0.437 e. The summed E-state index contributed by atoms with van der Waals surface area (Å²) in [5.41, 5.74) is -0.808. The number of amides is 3. The number of hydrogen-bond acceptors (Lipinski definition) is 7. The van der Waals surface area contributed by atoms with Crippen molar-refractivity contribution in [2.75, 3.05) is 47.8 Å². The van der Waals surface area contributed by atoms with Crippen molar-refractivity contribution in [2.45, 2.75) is 31.4 Å². The van der Waals surface area contributed by atoms with Crippen LogP contribution in [0.3, 0.4) is 0 Å². The lowest BCUT2D eigenvalue weighted by Gasteiger charge is -2.35. The Bertz CT molecular complexity index is 1520. The Morgan fingerprint density at radius 2 is 1.79 bits per heavy atom. The number of piperazine rings is 1. The van der Waals surface area contributed by atoms with Crippen molar-refractivity contribution in [2.24, 2.45) is 5.92 Å². The normalized spacial score (nSPS) is 20.7. The van der Waals surface area contributed by atoms with Crippen molar-refractivity contribution in [3.63, 3.8) is 0 Å². The minimum Gasteiger partial charge on any atom is -0.417 e. The van der Waals surface area contributed by atoms with E-state index in [9.17, 15) is 31.9 Å². The Balaban J connectivity index is 1.06. The number of aromatic nitrogens is 2. The maximum Gasteiger partial charge on any atom is 0.437 e. The number of anilines is 3. The first-order valence-corrected chi connectivity index (χ1v) is 13.5. The van der Waals surface area contributed by atoms with Gasteiger partial charge in [-0.05, 0) is 42.5 Å². The highest BCUT2D eigenvalue weighted by Gasteiger charge is 2.47. The average molecular weight is 587 g/mol. The van der Waals surface area contributed by atoms with E-state index in [0.29, 0.717) is 50.4 Å². The van der Waals surface area contributed by atoms with Crippen LogP contribution in [0.1, 0.15) is 47.0 Å². The van der Waals surface area contributed by atoms with Crippen LogP contribution in [0.15, 0.2) is 47.0 Å². The minimum absolute atomic E-state index is 0.0109. The molecule has 2 aromatic heterocycles. The molecule has 2 unspecified atom stereocenters. The lowest BCUT2D eigenvalue weighted by Crippen LogP contribution is -2.49. The molecule has 3 aliphatic rings. The predicted octanol–water partition coefficient (Wildman–Crippen LogP) is 4.06. The lowest BCUT2D eigenvalue weighted by molar-refractivity contribution is -0.141. The monoisotopic (exact) mass is 586 g/mol. The standard InChI is InChI=1S/C28H26F4N6O4/c29-20-5-2-1-4-17(20)18-14-19(18)26(41)37-12-10-36(11-13-37)21-8-7-16(15-33-21)34-25(40)23-24(28(30,31)32)35-27(42-23)38-9-3-6-22(38)39/h1-2,4-5,7-8,15,18-19H,3,6,9-14H2,(H,34,40). The Morgan fingerprint density at radius 1 is 1.02 bits per heavy atom. The van der Waals surface area contributed by atoms with E-state index in [1.54, 1.807) is 29.2 Å². The van der Waals surface area contributed by atoms with Crippen LogP contribution in [0.25, 0.3) is 0 Å². The predicted molar refractivity (Wildman–Crippen MR) is 141 cm³/mol. The third-order valence-corrected chi connectivity index (χ3v) is 7.73. The van der Waals surface area contributed by atoms with E-state index in [2.05, 4.69) is 15.3 Å². The van der Waals surface area contributed by atoms with Crippen LogP contribution in [0, 0.1) is 11.7 Å². The van der Waals surface area contributed by atoms with E-state index in [1.807, 2.05) is 4.90 Å². The number of halogens is 4. The van der Waals surface area contributed by atoms with E-state index in [0.717, 1.165) is 4.90 Å². The molecule has 3 fully saturated rings. The minimum atomic E-state index is -4.97. The van der Waals surface area contributed by atoms with Gasteiger partial charge in [0.05, 0.1) is 11.9 Å². The molecule has 0 spiro atoms. The molecule has 10 nitrogen and oxygen atoms in total. The van der Waals surface area contributed by atoms with Crippen LogP contribution in [0.2, 0.25) is 0 Å². The fraction of sp³-hybridized carbons (Fsp3) is 0.393. The summed E-state index contributed by atoms with van der Waals surface area (Å²) in [4.78, 5) is 50.1. The number of rotatable bonds is 6. The van der Waals surface area contributed by atoms with Gasteiger partial charge in [0.25, 0.3) is 5.91 Å². The van der Waals surface area contributed by atoms with Crippen LogP contribution >= 0.6 is 0 Å². The van der Waals surface area contributed by atoms with E-state index >= 15 is 0 Å². The summed E-state index contributed by atoms with van der Waals surface area (Å²) in [7, 11) is 0. The number of hydrogen-bond donors (Lipinski definition) is 1. The van der Waals surface area contributed by atoms with E-state index < -0.39 is 35.5 Å². The first-order chi connectivity index (χ1) is 20.1. The number of nitrogens with one attached hydrogen (secondary N) is 1. The van der Waals surface area contributed by atoms with E-state index in [-0.39, 0.29) is 42.2 Å². The van der Waals surface area contributed by atoms with Gasteiger partial charge in [0.2, 0.25) is 17.6 Å². The van der Waals surface area contributed by atoms with Gasteiger partial charge in [0.15, 0.2) is 5.69 Å². The van der Waals surface area contributed by atoms with Crippen LogP contribution in [0.5, 0.6) is 0 Å². The van der Waals surface area contributed by atoms with E-state index in [1.165, 1.54) is 18.3 Å². The number of carbonyl (C=O) groups excluding carboxylic acids is 3. The van der Waals surface area contributed by atoms with Gasteiger partial charge in [-0.3, -0.25) is 19.3 Å². The average Bonchev–Trinajstić information content (AvgIpc) is 3.42. The molecule has 14 heteroatoms. The summed E-state index contributed by atoms with van der Waals surface area (Å²) in [5, 5.41) is 2.34. The highest BCUT2D eigenvalue weighted by molar-refractivity contribution is 6.03. The molecule has 1 N–H and O–H groups in total. The number of benzene rings is 1. The molecule has 0 radical (unpaired) electrons. The molecule has 3 amide bonds. The molecule has 1 aromatic carbocycles. The SMILES string of the molecule is O=C(Nc1ccc(N2CCN(C(=O)C3CC3c3ccccc3F)CC2)nc1)c1oc(N2CCCC2=O)nc1C(F)(F)F. The second-order valence-corrected chi connectivity index (χ2v) is 10.5. The molecule has 2 atom stereocenters. The molecule has 3 aromatic rings. The molecule has 2 saturated heterocycles. The number of alkyl halides is 3. The van der Waals surface area contributed by atoms with E-state index in [4.69, 9.17) is 4.42 Å². The van der Waals surface area contributed by atoms with Gasteiger partial charge in [0, 0.05) is 45.1 Å². The van der Waals surface area contributed by atoms with Crippen molar-refractivity contribution in [3.8, 4) is 0 Å². The van der Waals surface area contributed by atoms with Crippen molar-refractivity contribution in [1.29, 1.82) is 0 Å². The molecule has 220 valence electrons. The second-order valence-electron chi connectivity index (χ2n) is 10.5. The Labute approximate surface area is 237 Å². The topological polar surface area (TPSA) is 112 Å². The zero-order valence-corrected chi connectivity index (χ0v) is 22.2. The van der Waals surface area contributed by atoms with Gasteiger partial charge in [-0.1, -0.05) is 18.2 Å². The van der Waals surface area contributed by atoms with Crippen LogP contribution in [-0.2, 0) is 15.8 Å². The van der Waals surface area contributed by atoms with Gasteiger partial charge in [-0.15, -0.1) is 0 Å². The fourth-order valence-electron chi connectivity index (χ4n) is 5.43. The summed E-state index contributed by atoms with van der Waals surface area (Å²) in [6.45, 7) is 2.10. The zero-order valence-electron chi connectivity index (χ0n) is 22.2. The molecular formula is C28H26F4N6O4. The summed E-state index contributed by atoms with van der Waals surface area (Å²) in [6.07, 6.45) is -2.43. The van der Waals surface area contributed by atoms with Gasteiger partial charge < -0.3 is 19.5 Å². The van der Waals surface area contributed by atoms with Crippen molar-refractivity contribution in [3.05, 3.63) is 65.4 Å². The number of carbonyl (C=O) groups is 3. The molecule has 42 heavy (non-hydrogen) atoms. The molecule has 6 rings (SSSR count). The molecular weight excluding hydrogens is 560 g/mol. The van der Waals surface area contributed by atoms with Gasteiger partial charge >= 0.3 is 12.2 Å². The number of nitrogens with zero attached hydrogens (tertiary/aromatic N) is 5. The van der Waals surface area contributed by atoms with Gasteiger partial charge in [-0.2, -0.15) is 18.2 Å². The quantitative estimate of drug-likeness (QED) is 0.434. The first kappa shape index (κ1) is 27.7. The van der Waals surface area contributed by atoms with Crippen LogP contribution in [-0.4, -0.2) is 65.3 Å². The molecule has 4 heterocycles. The maximum absolute atomic E-state index is 14.1. The third-order valence-electron chi connectivity index (χ3n) is 7.73. The highest BCUT2D eigenvalue weighted by Crippen LogP contribution is 2.49. The van der Waals surface area contributed by atoms with Gasteiger partial charge in [-0.25, -0.2) is 9.37 Å². The Kier molecular flexibility index (Phi) is 7.07. The zero-order chi connectivity index (χ0) is 29.6. The summed E-state index contributed by atoms with van der Waals surface area (Å²) >= 11 is 0. The number of pyridine rings is 1. The molecule has 1 saturated carbocycles. The maximum atomic E-state index is 14.1. The lowest BCUT2D eigenvalue weighted by atomic mass is 10.1. The molecule has 1 aliphatic carbocycles. The van der Waals surface area contributed by atoms with Crippen molar-refractivity contribution < 1.29 is 36.4 Å². The summed E-state index contributed by atoms with van der Waals surface area (Å²) in [6, 6.07) is 9.06. The molecule has 2 aliphatic heterocycles. The fourth-order valence-corrected chi connectivity index (χ4v) is 5.43. The Hall–Kier alpha value is -4.49. The van der Waals surface area contributed by atoms with Crippen molar-refractivity contribution >= 4 is 35.2 Å².